The van der Waals surface area contributed by atoms with Gasteiger partial charge >= 0.3 is 12.2 Å². The molecule has 0 bridgehead atoms. The lowest BCUT2D eigenvalue weighted by Gasteiger charge is -2.14. The van der Waals surface area contributed by atoms with E-state index in [1.165, 1.54) is 18.2 Å². The number of urea groups is 1. The summed E-state index contributed by atoms with van der Waals surface area (Å²) in [5, 5.41) is 4.79. The average molecular weight is 322 g/mol. The minimum Gasteiger partial charge on any atom is -0.308 e. The first-order valence-corrected chi connectivity index (χ1v) is 7.11. The Morgan fingerprint density at radius 3 is 2.35 bits per heavy atom. The van der Waals surface area contributed by atoms with E-state index in [4.69, 9.17) is 0 Å². The van der Waals surface area contributed by atoms with Crippen LogP contribution in [0, 0.1) is 0 Å². The van der Waals surface area contributed by atoms with Gasteiger partial charge in [-0.15, -0.1) is 0 Å². The van der Waals surface area contributed by atoms with Crippen LogP contribution in [0.25, 0.3) is 0 Å². The van der Waals surface area contributed by atoms with E-state index in [9.17, 15) is 18.0 Å². The number of rotatable bonds is 3. The Labute approximate surface area is 132 Å². The fourth-order valence-electron chi connectivity index (χ4n) is 2.10. The van der Waals surface area contributed by atoms with Crippen LogP contribution in [0.2, 0.25) is 0 Å². The summed E-state index contributed by atoms with van der Waals surface area (Å²) in [7, 11) is 0. The Balaban J connectivity index is 2.13. The van der Waals surface area contributed by atoms with Gasteiger partial charge < -0.3 is 10.6 Å². The molecule has 2 aromatic carbocycles. The molecule has 0 aliphatic carbocycles. The van der Waals surface area contributed by atoms with Gasteiger partial charge in [-0.05, 0) is 35.7 Å². The molecule has 0 unspecified atom stereocenters. The summed E-state index contributed by atoms with van der Waals surface area (Å²) < 4.78 is 38.7. The molecule has 0 aliphatic heterocycles. The van der Waals surface area contributed by atoms with Crippen LogP contribution in [0.4, 0.5) is 29.3 Å². The van der Waals surface area contributed by atoms with E-state index >= 15 is 0 Å². The van der Waals surface area contributed by atoms with Crippen molar-refractivity contribution in [1.82, 2.24) is 0 Å². The second-order valence-corrected chi connectivity index (χ2v) is 5.40. The molecule has 23 heavy (non-hydrogen) atoms. The van der Waals surface area contributed by atoms with Crippen LogP contribution in [-0.2, 0) is 6.18 Å². The van der Waals surface area contributed by atoms with Gasteiger partial charge in [-0.2, -0.15) is 13.2 Å². The minimum absolute atomic E-state index is 0.280. The van der Waals surface area contributed by atoms with Crippen molar-refractivity contribution in [1.29, 1.82) is 0 Å². The number of hydrogen-bond acceptors (Lipinski definition) is 1. The number of halogens is 3. The maximum Gasteiger partial charge on any atom is 0.418 e. The highest BCUT2D eigenvalue weighted by molar-refractivity contribution is 6.00. The topological polar surface area (TPSA) is 41.1 Å². The molecule has 0 spiro atoms. The smallest absolute Gasteiger partial charge is 0.308 e. The highest BCUT2D eigenvalue weighted by atomic mass is 19.4. The molecule has 2 amide bonds. The Morgan fingerprint density at radius 2 is 1.70 bits per heavy atom. The zero-order valence-corrected chi connectivity index (χ0v) is 12.7. The molecule has 2 rings (SSSR count). The lowest BCUT2D eigenvalue weighted by atomic mass is 10.0. The van der Waals surface area contributed by atoms with Crippen molar-refractivity contribution in [3.8, 4) is 0 Å². The van der Waals surface area contributed by atoms with E-state index in [1.54, 1.807) is 18.2 Å². The molecule has 122 valence electrons. The van der Waals surface area contributed by atoms with E-state index in [2.05, 4.69) is 10.6 Å². The summed E-state index contributed by atoms with van der Waals surface area (Å²) in [5.74, 6) is 0.283. The molecular formula is C17H17F3N2O. The first-order chi connectivity index (χ1) is 10.8. The quantitative estimate of drug-likeness (QED) is 0.772. The SMILES string of the molecule is CC(C)c1cccc(NC(=O)Nc2ccccc2C(F)(F)F)c1. The molecule has 0 saturated carbocycles. The molecule has 0 radical (unpaired) electrons. The van der Waals surface area contributed by atoms with Gasteiger partial charge in [0.25, 0.3) is 0 Å². The number of para-hydroxylation sites is 1. The maximum absolute atomic E-state index is 12.9. The van der Waals surface area contributed by atoms with Crippen LogP contribution in [0.3, 0.4) is 0 Å². The summed E-state index contributed by atoms with van der Waals surface area (Å²) in [6, 6.07) is 11.3. The number of amides is 2. The largest absolute Gasteiger partial charge is 0.418 e. The van der Waals surface area contributed by atoms with Crippen molar-refractivity contribution < 1.29 is 18.0 Å². The van der Waals surface area contributed by atoms with Gasteiger partial charge in [0.15, 0.2) is 0 Å². The highest BCUT2D eigenvalue weighted by Crippen LogP contribution is 2.34. The number of nitrogens with one attached hydrogen (secondary N) is 2. The summed E-state index contributed by atoms with van der Waals surface area (Å²) in [6.07, 6.45) is -4.53. The third-order valence-electron chi connectivity index (χ3n) is 3.29. The molecule has 0 aliphatic rings. The lowest BCUT2D eigenvalue weighted by Crippen LogP contribution is -2.21. The van der Waals surface area contributed by atoms with Crippen LogP contribution in [0.5, 0.6) is 0 Å². The summed E-state index contributed by atoms with van der Waals surface area (Å²) in [6.45, 7) is 4.03. The summed E-state index contributed by atoms with van der Waals surface area (Å²) in [4.78, 5) is 12.0. The molecule has 0 atom stereocenters. The second kappa shape index (κ2) is 6.73. The van der Waals surface area contributed by atoms with Crippen molar-refractivity contribution in [2.75, 3.05) is 10.6 Å². The Morgan fingerprint density at radius 1 is 1.00 bits per heavy atom. The van der Waals surface area contributed by atoms with Gasteiger partial charge in [-0.3, -0.25) is 0 Å². The third-order valence-corrected chi connectivity index (χ3v) is 3.29. The van der Waals surface area contributed by atoms with Crippen LogP contribution in [0.15, 0.2) is 48.5 Å². The van der Waals surface area contributed by atoms with Crippen molar-refractivity contribution in [2.24, 2.45) is 0 Å². The summed E-state index contributed by atoms with van der Waals surface area (Å²) >= 11 is 0. The van der Waals surface area contributed by atoms with Gasteiger partial charge in [0, 0.05) is 5.69 Å². The molecule has 0 fully saturated rings. The van der Waals surface area contributed by atoms with Crippen LogP contribution >= 0.6 is 0 Å². The maximum atomic E-state index is 12.9. The molecular weight excluding hydrogens is 305 g/mol. The van der Waals surface area contributed by atoms with E-state index in [-0.39, 0.29) is 11.6 Å². The normalized spacial score (nSPS) is 11.4. The van der Waals surface area contributed by atoms with Crippen molar-refractivity contribution in [3.63, 3.8) is 0 Å². The van der Waals surface area contributed by atoms with Gasteiger partial charge in [-0.25, -0.2) is 4.79 Å². The van der Waals surface area contributed by atoms with Gasteiger partial charge in [0.2, 0.25) is 0 Å². The number of benzene rings is 2. The molecule has 0 heterocycles. The van der Waals surface area contributed by atoms with Gasteiger partial charge in [0.05, 0.1) is 11.3 Å². The fourth-order valence-corrected chi connectivity index (χ4v) is 2.10. The van der Waals surface area contributed by atoms with Gasteiger partial charge in [-0.1, -0.05) is 38.1 Å². The fraction of sp³-hybridized carbons (Fsp3) is 0.235. The first-order valence-electron chi connectivity index (χ1n) is 7.11. The third kappa shape index (κ3) is 4.48. The van der Waals surface area contributed by atoms with Crippen molar-refractivity contribution in [2.45, 2.75) is 25.9 Å². The van der Waals surface area contributed by atoms with Crippen LogP contribution < -0.4 is 10.6 Å². The number of hydrogen-bond donors (Lipinski definition) is 2. The number of carbonyl (C=O) groups excluding carboxylic acids is 1. The van der Waals surface area contributed by atoms with Crippen LogP contribution in [0.1, 0.15) is 30.9 Å². The molecule has 3 nitrogen and oxygen atoms in total. The van der Waals surface area contributed by atoms with Crippen molar-refractivity contribution >= 4 is 17.4 Å². The molecule has 2 N–H and O–H groups in total. The Hall–Kier alpha value is -2.50. The zero-order chi connectivity index (χ0) is 17.0. The number of carbonyl (C=O) groups is 1. The average Bonchev–Trinajstić information content (AvgIpc) is 2.46. The standard InChI is InChI=1S/C17H17F3N2O/c1-11(2)12-6-5-7-13(10-12)21-16(23)22-15-9-4-3-8-14(15)17(18,19)20/h3-11H,1-2H3,(H2,21,22,23). The number of anilines is 2. The molecule has 0 saturated heterocycles. The van der Waals surface area contributed by atoms with E-state index < -0.39 is 17.8 Å². The molecule has 2 aromatic rings. The Bertz CT molecular complexity index is 696. The lowest BCUT2D eigenvalue weighted by molar-refractivity contribution is -0.136. The first kappa shape index (κ1) is 16.9. The monoisotopic (exact) mass is 322 g/mol. The minimum atomic E-state index is -4.53. The molecule has 6 heteroatoms. The van der Waals surface area contributed by atoms with Crippen LogP contribution in [-0.4, -0.2) is 6.03 Å². The Kier molecular flexibility index (Phi) is 4.93. The zero-order valence-electron chi connectivity index (χ0n) is 12.7. The molecule has 0 aromatic heterocycles. The van der Waals surface area contributed by atoms with Gasteiger partial charge in [0.1, 0.15) is 0 Å². The van der Waals surface area contributed by atoms with E-state index in [0.717, 1.165) is 11.6 Å². The summed E-state index contributed by atoms with van der Waals surface area (Å²) in [5.41, 5.74) is 0.389. The predicted octanol–water partition coefficient (Wildman–Crippen LogP) is 5.47. The van der Waals surface area contributed by atoms with E-state index in [0.29, 0.717) is 5.69 Å². The second-order valence-electron chi connectivity index (χ2n) is 5.40. The highest BCUT2D eigenvalue weighted by Gasteiger charge is 2.33. The van der Waals surface area contributed by atoms with Crippen molar-refractivity contribution in [3.05, 3.63) is 59.7 Å². The van der Waals surface area contributed by atoms with E-state index in [1.807, 2.05) is 19.9 Å². The predicted molar refractivity (Wildman–Crippen MR) is 84.6 cm³/mol. The number of alkyl halides is 3.